The minimum atomic E-state index is -0.108. The molecule has 5 aromatic rings. The number of nitrogens with zero attached hydrogens (tertiary/aromatic N) is 5. The molecule has 0 aliphatic rings. The third-order valence-corrected chi connectivity index (χ3v) is 6.33. The third kappa shape index (κ3) is 5.04. The SMILES string of the molecule is COc1ccc(OCc2nnc(SCc3cc(=O)n4ccc(C)cc4n3)n2-c2ccccc2)cc1. The van der Waals surface area contributed by atoms with Gasteiger partial charge in [0.2, 0.25) is 0 Å². The number of rotatable bonds is 8. The average molecular weight is 486 g/mol. The molecule has 0 N–H and O–H groups in total. The van der Waals surface area contributed by atoms with E-state index in [0.29, 0.717) is 33.8 Å². The van der Waals surface area contributed by atoms with Gasteiger partial charge in [0.1, 0.15) is 23.8 Å². The summed E-state index contributed by atoms with van der Waals surface area (Å²) in [4.78, 5) is 17.2. The normalized spacial score (nSPS) is 11.0. The number of aromatic nitrogens is 5. The topological polar surface area (TPSA) is 83.5 Å². The van der Waals surface area contributed by atoms with Crippen LogP contribution in [0.25, 0.3) is 11.3 Å². The van der Waals surface area contributed by atoms with E-state index in [9.17, 15) is 4.79 Å². The second-order valence-electron chi connectivity index (χ2n) is 7.84. The lowest BCUT2D eigenvalue weighted by Gasteiger charge is -2.11. The van der Waals surface area contributed by atoms with Crippen LogP contribution in [0, 0.1) is 6.92 Å². The van der Waals surface area contributed by atoms with Crippen LogP contribution in [0.4, 0.5) is 0 Å². The Morgan fingerprint density at radius 2 is 1.71 bits per heavy atom. The van der Waals surface area contributed by atoms with Gasteiger partial charge in [0, 0.05) is 23.7 Å². The number of fused-ring (bicyclic) bond motifs is 1. The van der Waals surface area contributed by atoms with Gasteiger partial charge < -0.3 is 9.47 Å². The summed E-state index contributed by atoms with van der Waals surface area (Å²) in [5, 5.41) is 9.49. The smallest absolute Gasteiger partial charge is 0.258 e. The number of para-hydroxylation sites is 1. The third-order valence-electron chi connectivity index (χ3n) is 5.37. The first-order valence-corrected chi connectivity index (χ1v) is 12.0. The van der Waals surface area contributed by atoms with E-state index in [2.05, 4.69) is 15.2 Å². The lowest BCUT2D eigenvalue weighted by atomic mass is 10.3. The summed E-state index contributed by atoms with van der Waals surface area (Å²) in [6.07, 6.45) is 1.75. The first-order valence-electron chi connectivity index (χ1n) is 11.0. The molecule has 0 unspecified atom stereocenters. The Kier molecular flexibility index (Phi) is 6.49. The fourth-order valence-corrected chi connectivity index (χ4v) is 4.47. The standard InChI is InChI=1S/C26H23N5O3S/c1-18-12-13-30-23(14-18)27-19(15-25(30)32)17-35-26-29-28-24(31(26)20-6-4-3-5-7-20)16-34-22-10-8-21(33-2)9-11-22/h3-15H,16-17H2,1-2H3. The molecular formula is C26H23N5O3S. The molecular weight excluding hydrogens is 462 g/mol. The zero-order chi connectivity index (χ0) is 24.2. The minimum Gasteiger partial charge on any atom is -0.497 e. The summed E-state index contributed by atoms with van der Waals surface area (Å²) >= 11 is 1.47. The van der Waals surface area contributed by atoms with Gasteiger partial charge in [-0.15, -0.1) is 10.2 Å². The van der Waals surface area contributed by atoms with E-state index in [1.807, 2.05) is 78.2 Å². The summed E-state index contributed by atoms with van der Waals surface area (Å²) in [6, 6.07) is 22.6. The van der Waals surface area contributed by atoms with Gasteiger partial charge in [0.15, 0.2) is 11.0 Å². The minimum absolute atomic E-state index is 0.108. The number of ether oxygens (including phenoxy) is 2. The van der Waals surface area contributed by atoms with Crippen LogP contribution in [0.3, 0.4) is 0 Å². The fourth-order valence-electron chi connectivity index (χ4n) is 3.61. The highest BCUT2D eigenvalue weighted by Crippen LogP contribution is 2.26. The van der Waals surface area contributed by atoms with Crippen LogP contribution >= 0.6 is 11.8 Å². The van der Waals surface area contributed by atoms with Crippen molar-refractivity contribution in [1.29, 1.82) is 0 Å². The molecule has 0 atom stereocenters. The Morgan fingerprint density at radius 3 is 2.49 bits per heavy atom. The molecule has 5 rings (SSSR count). The van der Waals surface area contributed by atoms with E-state index in [0.717, 1.165) is 17.0 Å². The molecule has 0 amide bonds. The monoisotopic (exact) mass is 485 g/mol. The maximum Gasteiger partial charge on any atom is 0.258 e. The maximum atomic E-state index is 12.5. The van der Waals surface area contributed by atoms with Gasteiger partial charge in [-0.2, -0.15) is 0 Å². The summed E-state index contributed by atoms with van der Waals surface area (Å²) in [5.41, 5.74) is 3.18. The molecule has 0 radical (unpaired) electrons. The number of methoxy groups -OCH3 is 1. The van der Waals surface area contributed by atoms with Gasteiger partial charge in [-0.25, -0.2) is 4.98 Å². The van der Waals surface area contributed by atoms with E-state index in [4.69, 9.17) is 9.47 Å². The molecule has 0 saturated carbocycles. The Hall–Kier alpha value is -4.11. The predicted molar refractivity (Wildman–Crippen MR) is 134 cm³/mol. The van der Waals surface area contributed by atoms with Gasteiger partial charge in [-0.1, -0.05) is 30.0 Å². The average Bonchev–Trinajstić information content (AvgIpc) is 3.29. The Bertz CT molecular complexity index is 1510. The number of hydrogen-bond acceptors (Lipinski definition) is 7. The predicted octanol–water partition coefficient (Wildman–Crippen LogP) is 4.46. The Morgan fingerprint density at radius 1 is 0.943 bits per heavy atom. The summed E-state index contributed by atoms with van der Waals surface area (Å²) in [7, 11) is 1.63. The second kappa shape index (κ2) is 10.0. The van der Waals surface area contributed by atoms with Gasteiger partial charge in [-0.3, -0.25) is 13.8 Å². The summed E-state index contributed by atoms with van der Waals surface area (Å²) < 4.78 is 14.7. The molecule has 0 bridgehead atoms. The number of pyridine rings is 1. The van der Waals surface area contributed by atoms with Gasteiger partial charge in [0.05, 0.1) is 12.8 Å². The van der Waals surface area contributed by atoms with E-state index < -0.39 is 0 Å². The van der Waals surface area contributed by atoms with Crippen LogP contribution in [0.2, 0.25) is 0 Å². The highest BCUT2D eigenvalue weighted by Gasteiger charge is 2.16. The van der Waals surface area contributed by atoms with E-state index >= 15 is 0 Å². The van der Waals surface area contributed by atoms with Crippen molar-refractivity contribution in [2.24, 2.45) is 0 Å². The number of hydrogen-bond donors (Lipinski definition) is 0. The highest BCUT2D eigenvalue weighted by molar-refractivity contribution is 7.98. The molecule has 8 nitrogen and oxygen atoms in total. The highest BCUT2D eigenvalue weighted by atomic mass is 32.2. The van der Waals surface area contributed by atoms with Crippen molar-refractivity contribution in [3.05, 3.63) is 106 Å². The number of aryl methyl sites for hydroxylation is 1. The van der Waals surface area contributed by atoms with Crippen molar-refractivity contribution in [2.75, 3.05) is 7.11 Å². The second-order valence-corrected chi connectivity index (χ2v) is 8.78. The Balaban J connectivity index is 1.40. The van der Waals surface area contributed by atoms with Crippen LogP contribution in [-0.4, -0.2) is 31.3 Å². The molecule has 0 aliphatic heterocycles. The van der Waals surface area contributed by atoms with Crippen LogP contribution in [-0.2, 0) is 12.4 Å². The Labute approximate surface area is 206 Å². The lowest BCUT2D eigenvalue weighted by Crippen LogP contribution is -2.15. The maximum absolute atomic E-state index is 12.5. The number of benzene rings is 2. The molecule has 176 valence electrons. The first-order chi connectivity index (χ1) is 17.1. The van der Waals surface area contributed by atoms with Crippen molar-refractivity contribution >= 4 is 17.4 Å². The molecule has 0 fully saturated rings. The molecule has 9 heteroatoms. The summed E-state index contributed by atoms with van der Waals surface area (Å²) in [6.45, 7) is 2.22. The zero-order valence-electron chi connectivity index (χ0n) is 19.3. The van der Waals surface area contributed by atoms with Crippen LogP contribution < -0.4 is 15.0 Å². The van der Waals surface area contributed by atoms with Crippen molar-refractivity contribution in [1.82, 2.24) is 24.1 Å². The quantitative estimate of drug-likeness (QED) is 0.300. The zero-order valence-corrected chi connectivity index (χ0v) is 20.1. The van der Waals surface area contributed by atoms with Crippen molar-refractivity contribution in [3.8, 4) is 17.2 Å². The van der Waals surface area contributed by atoms with Crippen LogP contribution in [0.5, 0.6) is 11.5 Å². The van der Waals surface area contributed by atoms with Crippen molar-refractivity contribution in [2.45, 2.75) is 24.4 Å². The van der Waals surface area contributed by atoms with Gasteiger partial charge in [0.25, 0.3) is 5.56 Å². The van der Waals surface area contributed by atoms with Gasteiger partial charge in [-0.05, 0) is 61.0 Å². The molecule has 0 aliphatic carbocycles. The molecule has 0 spiro atoms. The molecule has 3 aromatic heterocycles. The van der Waals surface area contributed by atoms with Gasteiger partial charge >= 0.3 is 0 Å². The van der Waals surface area contributed by atoms with Crippen LogP contribution in [0.1, 0.15) is 17.1 Å². The van der Waals surface area contributed by atoms with Crippen LogP contribution in [0.15, 0.2) is 88.9 Å². The largest absolute Gasteiger partial charge is 0.497 e. The molecule has 2 aromatic carbocycles. The van der Waals surface area contributed by atoms with E-state index in [1.54, 1.807) is 23.8 Å². The first kappa shape index (κ1) is 22.7. The molecule has 0 saturated heterocycles. The van der Waals surface area contributed by atoms with Crippen molar-refractivity contribution < 1.29 is 9.47 Å². The molecule has 3 heterocycles. The summed E-state index contributed by atoms with van der Waals surface area (Å²) in [5.74, 6) is 2.61. The molecule has 35 heavy (non-hydrogen) atoms. The fraction of sp³-hybridized carbons (Fsp3) is 0.154. The van der Waals surface area contributed by atoms with E-state index in [1.165, 1.54) is 11.8 Å². The lowest BCUT2D eigenvalue weighted by molar-refractivity contribution is 0.292. The number of thioether (sulfide) groups is 1. The van der Waals surface area contributed by atoms with E-state index in [-0.39, 0.29) is 12.2 Å². The van der Waals surface area contributed by atoms with Crippen molar-refractivity contribution in [3.63, 3.8) is 0 Å².